The maximum atomic E-state index is 9.00. The lowest BCUT2D eigenvalue weighted by Crippen LogP contribution is -2.16. The molecular weight excluding hydrogens is 124 g/mol. The van der Waals surface area contributed by atoms with Gasteiger partial charge in [0.2, 0.25) is 0 Å². The third kappa shape index (κ3) is 0.367. The highest BCUT2D eigenvalue weighted by molar-refractivity contribution is 5.34. The molecule has 2 saturated carbocycles. The van der Waals surface area contributed by atoms with E-state index in [1.165, 1.54) is 12.8 Å². The molecule has 3 aliphatic rings. The van der Waals surface area contributed by atoms with Gasteiger partial charge in [0.1, 0.15) is 0 Å². The first-order valence-corrected chi connectivity index (χ1v) is 4.17. The Morgan fingerprint density at radius 1 is 1.60 bits per heavy atom. The van der Waals surface area contributed by atoms with Gasteiger partial charge in [0, 0.05) is 6.61 Å². The summed E-state index contributed by atoms with van der Waals surface area (Å²) in [5, 5.41) is 9.00. The van der Waals surface area contributed by atoms with E-state index in [0.717, 1.165) is 11.8 Å². The maximum absolute atomic E-state index is 9.00. The van der Waals surface area contributed by atoms with Gasteiger partial charge in [0.05, 0.1) is 0 Å². The summed E-state index contributed by atoms with van der Waals surface area (Å²) in [7, 11) is 0. The molecule has 0 radical (unpaired) electrons. The summed E-state index contributed by atoms with van der Waals surface area (Å²) < 4.78 is 0. The van der Waals surface area contributed by atoms with E-state index in [1.54, 1.807) is 0 Å². The van der Waals surface area contributed by atoms with E-state index < -0.39 is 0 Å². The van der Waals surface area contributed by atoms with Gasteiger partial charge in [-0.1, -0.05) is 12.2 Å². The molecule has 0 aromatic carbocycles. The first-order chi connectivity index (χ1) is 4.87. The largest absolute Gasteiger partial charge is 0.396 e. The zero-order valence-electron chi connectivity index (χ0n) is 5.96. The summed E-state index contributed by atoms with van der Waals surface area (Å²) in [6.07, 6.45) is 7.34. The minimum atomic E-state index is 0.421. The Morgan fingerprint density at radius 2 is 2.50 bits per heavy atom. The van der Waals surface area contributed by atoms with Crippen molar-refractivity contribution in [3.8, 4) is 0 Å². The Hall–Kier alpha value is -0.300. The average Bonchev–Trinajstić information content (AvgIpc) is 2.60. The Kier molecular flexibility index (Phi) is 0.713. The second kappa shape index (κ2) is 1.33. The van der Waals surface area contributed by atoms with Crippen LogP contribution in [0.1, 0.15) is 12.8 Å². The van der Waals surface area contributed by atoms with Gasteiger partial charge >= 0.3 is 0 Å². The molecule has 4 atom stereocenters. The van der Waals surface area contributed by atoms with Gasteiger partial charge in [0.15, 0.2) is 0 Å². The van der Waals surface area contributed by atoms with Crippen LogP contribution in [0.5, 0.6) is 0 Å². The van der Waals surface area contributed by atoms with E-state index in [9.17, 15) is 0 Å². The molecule has 0 bridgehead atoms. The van der Waals surface area contributed by atoms with Crippen LogP contribution in [0.4, 0.5) is 0 Å². The highest BCUT2D eigenvalue weighted by Crippen LogP contribution is 2.73. The Bertz CT molecular complexity index is 209. The summed E-state index contributed by atoms with van der Waals surface area (Å²) >= 11 is 0. The van der Waals surface area contributed by atoms with Crippen LogP contribution in [0.3, 0.4) is 0 Å². The lowest BCUT2D eigenvalue weighted by molar-refractivity contribution is 0.211. The third-order valence-corrected chi connectivity index (χ3v) is 3.79. The fraction of sp³-hybridized carbons (Fsp3) is 0.778. The number of hydrogen-bond acceptors (Lipinski definition) is 1. The maximum Gasteiger partial charge on any atom is 0.0462 e. The van der Waals surface area contributed by atoms with Crippen LogP contribution in [-0.2, 0) is 0 Å². The predicted molar refractivity (Wildman–Crippen MR) is 38.4 cm³/mol. The quantitative estimate of drug-likeness (QED) is 0.537. The lowest BCUT2D eigenvalue weighted by Gasteiger charge is -2.25. The van der Waals surface area contributed by atoms with Crippen LogP contribution in [0, 0.1) is 23.2 Å². The molecule has 10 heavy (non-hydrogen) atoms. The second-order valence-corrected chi connectivity index (χ2v) is 4.07. The highest BCUT2D eigenvalue weighted by Gasteiger charge is 2.67. The predicted octanol–water partition coefficient (Wildman–Crippen LogP) is 1.19. The minimum absolute atomic E-state index is 0.421. The molecule has 0 amide bonds. The lowest BCUT2D eigenvalue weighted by atomic mass is 9.80. The second-order valence-electron chi connectivity index (χ2n) is 4.07. The molecule has 1 nitrogen and oxygen atoms in total. The van der Waals surface area contributed by atoms with Crippen molar-refractivity contribution >= 4 is 0 Å². The number of hydrogen-bond donors (Lipinski definition) is 1. The van der Waals surface area contributed by atoms with Gasteiger partial charge in [-0.15, -0.1) is 0 Å². The summed E-state index contributed by atoms with van der Waals surface area (Å²) in [5.74, 6) is 2.36. The molecule has 0 heterocycles. The van der Waals surface area contributed by atoms with Crippen molar-refractivity contribution in [1.82, 2.24) is 0 Å². The zero-order valence-corrected chi connectivity index (χ0v) is 5.96. The van der Waals surface area contributed by atoms with Crippen molar-refractivity contribution in [3.63, 3.8) is 0 Å². The Balaban J connectivity index is 1.91. The van der Waals surface area contributed by atoms with E-state index in [1.807, 2.05) is 0 Å². The molecule has 1 heteroatoms. The molecule has 0 saturated heterocycles. The highest BCUT2D eigenvalue weighted by atomic mass is 16.3. The van der Waals surface area contributed by atoms with E-state index >= 15 is 0 Å². The number of aliphatic hydroxyl groups excluding tert-OH is 1. The average molecular weight is 136 g/mol. The van der Waals surface area contributed by atoms with Gasteiger partial charge in [0.25, 0.3) is 0 Å². The monoisotopic (exact) mass is 136 g/mol. The molecule has 3 rings (SSSR count). The molecule has 3 aliphatic carbocycles. The molecule has 4 unspecified atom stereocenters. The van der Waals surface area contributed by atoms with Crippen molar-refractivity contribution in [2.24, 2.45) is 23.2 Å². The smallest absolute Gasteiger partial charge is 0.0462 e. The fourth-order valence-electron chi connectivity index (χ4n) is 3.02. The van der Waals surface area contributed by atoms with Crippen molar-refractivity contribution in [2.75, 3.05) is 6.61 Å². The third-order valence-electron chi connectivity index (χ3n) is 3.79. The molecule has 0 aromatic heterocycles. The fourth-order valence-corrected chi connectivity index (χ4v) is 3.02. The number of aliphatic hydroxyl groups is 1. The van der Waals surface area contributed by atoms with Crippen molar-refractivity contribution in [1.29, 1.82) is 0 Å². The molecular formula is C9H12O. The SMILES string of the molecule is OCC1CC2C=CC23CC13. The van der Waals surface area contributed by atoms with Crippen LogP contribution in [0.25, 0.3) is 0 Å². The van der Waals surface area contributed by atoms with Crippen LogP contribution in [0.2, 0.25) is 0 Å². The molecule has 0 aliphatic heterocycles. The molecule has 1 N–H and O–H groups in total. The van der Waals surface area contributed by atoms with Gasteiger partial charge < -0.3 is 5.11 Å². The van der Waals surface area contributed by atoms with Gasteiger partial charge in [-0.25, -0.2) is 0 Å². The first-order valence-electron chi connectivity index (χ1n) is 4.17. The van der Waals surface area contributed by atoms with Crippen LogP contribution in [-0.4, -0.2) is 11.7 Å². The van der Waals surface area contributed by atoms with Crippen LogP contribution in [0.15, 0.2) is 12.2 Å². The van der Waals surface area contributed by atoms with Crippen molar-refractivity contribution in [3.05, 3.63) is 12.2 Å². The van der Waals surface area contributed by atoms with E-state index in [0.29, 0.717) is 17.9 Å². The first kappa shape index (κ1) is 5.36. The summed E-state index contributed by atoms with van der Waals surface area (Å²) in [6.45, 7) is 0.421. The Labute approximate surface area is 60.7 Å². The molecule has 2 fully saturated rings. The van der Waals surface area contributed by atoms with Crippen molar-refractivity contribution < 1.29 is 5.11 Å². The molecule has 54 valence electrons. The molecule has 0 aromatic rings. The van der Waals surface area contributed by atoms with Gasteiger partial charge in [-0.2, -0.15) is 0 Å². The normalized spacial score (nSPS) is 61.1. The van der Waals surface area contributed by atoms with E-state index in [-0.39, 0.29) is 0 Å². The van der Waals surface area contributed by atoms with E-state index in [4.69, 9.17) is 5.11 Å². The number of rotatable bonds is 1. The Morgan fingerprint density at radius 3 is 2.80 bits per heavy atom. The standard InChI is InChI=1S/C9H12O/c10-5-6-3-7-1-2-9(7)4-8(6)9/h1-2,6-8,10H,3-5H2. The van der Waals surface area contributed by atoms with Gasteiger partial charge in [-0.05, 0) is 36.0 Å². The topological polar surface area (TPSA) is 20.2 Å². The minimum Gasteiger partial charge on any atom is -0.396 e. The number of allylic oxidation sites excluding steroid dienone is 2. The van der Waals surface area contributed by atoms with Crippen LogP contribution >= 0.6 is 0 Å². The van der Waals surface area contributed by atoms with Gasteiger partial charge in [-0.3, -0.25) is 0 Å². The van der Waals surface area contributed by atoms with E-state index in [2.05, 4.69) is 12.2 Å². The summed E-state index contributed by atoms with van der Waals surface area (Å²) in [6, 6.07) is 0. The molecule has 1 spiro atoms. The van der Waals surface area contributed by atoms with Crippen molar-refractivity contribution in [2.45, 2.75) is 12.8 Å². The van der Waals surface area contributed by atoms with Crippen LogP contribution < -0.4 is 0 Å². The zero-order chi connectivity index (χ0) is 6.77. The summed E-state index contributed by atoms with van der Waals surface area (Å²) in [4.78, 5) is 0. The summed E-state index contributed by atoms with van der Waals surface area (Å²) in [5.41, 5.74) is 0.632.